The summed E-state index contributed by atoms with van der Waals surface area (Å²) in [4.78, 5) is 5.14. The molecule has 0 spiro atoms. The molecule has 0 saturated heterocycles. The minimum atomic E-state index is -3.80. The second-order valence-electron chi connectivity index (χ2n) is 5.29. The summed E-state index contributed by atoms with van der Waals surface area (Å²) < 4.78 is 50.2. The van der Waals surface area contributed by atoms with Crippen molar-refractivity contribution in [2.24, 2.45) is 5.14 Å². The lowest BCUT2D eigenvalue weighted by Crippen LogP contribution is -2.23. The van der Waals surface area contributed by atoms with Gasteiger partial charge in [-0.3, -0.25) is 9.88 Å². The number of sulfonamides is 1. The lowest BCUT2D eigenvalue weighted by Gasteiger charge is -2.25. The normalized spacial score (nSPS) is 13.3. The first kappa shape index (κ1) is 17.5. The molecule has 2 N–H and O–H groups in total. The molecule has 5 nitrogen and oxygen atoms in total. The quantitative estimate of drug-likeness (QED) is 0.904. The summed E-state index contributed by atoms with van der Waals surface area (Å²) in [5, 5.41) is 5.12. The van der Waals surface area contributed by atoms with Gasteiger partial charge < -0.3 is 0 Å². The van der Waals surface area contributed by atoms with Gasteiger partial charge in [0.2, 0.25) is 10.0 Å². The van der Waals surface area contributed by atoms with Crippen molar-refractivity contribution >= 4 is 10.0 Å². The van der Waals surface area contributed by atoms with Gasteiger partial charge in [-0.25, -0.2) is 22.3 Å². The molecule has 0 aliphatic rings. The van der Waals surface area contributed by atoms with Crippen molar-refractivity contribution in [2.75, 3.05) is 7.05 Å². The summed E-state index contributed by atoms with van der Waals surface area (Å²) in [7, 11) is -2.12. The Balaban J connectivity index is 2.25. The molecule has 2 rings (SSSR count). The van der Waals surface area contributed by atoms with Gasteiger partial charge in [-0.1, -0.05) is 12.1 Å². The van der Waals surface area contributed by atoms with Crippen molar-refractivity contribution in [1.29, 1.82) is 0 Å². The summed E-state index contributed by atoms with van der Waals surface area (Å²) in [5.41, 5.74) is 0.589. The molecule has 2 aromatic rings. The number of nitrogens with two attached hydrogens (primary N) is 1. The second-order valence-corrected chi connectivity index (χ2v) is 6.85. The summed E-state index contributed by atoms with van der Waals surface area (Å²) in [5.74, 6) is -1.44. The minimum absolute atomic E-state index is 0.00322. The number of primary sulfonamides is 1. The van der Waals surface area contributed by atoms with Crippen molar-refractivity contribution in [3.05, 3.63) is 59.4 Å². The maximum absolute atomic E-state index is 13.7. The van der Waals surface area contributed by atoms with Crippen LogP contribution in [0.5, 0.6) is 0 Å². The van der Waals surface area contributed by atoms with Crippen LogP contribution in [0.15, 0.2) is 41.6 Å². The Morgan fingerprint density at radius 3 is 2.43 bits per heavy atom. The number of hydrogen-bond acceptors (Lipinski definition) is 4. The van der Waals surface area contributed by atoms with E-state index in [0.29, 0.717) is 5.56 Å². The highest BCUT2D eigenvalue weighted by Gasteiger charge is 2.18. The van der Waals surface area contributed by atoms with E-state index in [1.807, 2.05) is 0 Å². The molecule has 0 amide bonds. The van der Waals surface area contributed by atoms with E-state index in [4.69, 9.17) is 5.14 Å². The van der Waals surface area contributed by atoms with Crippen molar-refractivity contribution < 1.29 is 17.2 Å². The fraction of sp³-hybridized carbons (Fsp3) is 0.267. The number of halogens is 2. The van der Waals surface area contributed by atoms with Crippen LogP contribution in [0, 0.1) is 11.6 Å². The molecular formula is C15H17F2N3O2S. The van der Waals surface area contributed by atoms with Crippen LogP contribution in [0.2, 0.25) is 0 Å². The number of benzene rings is 1. The molecule has 1 unspecified atom stereocenters. The third kappa shape index (κ3) is 4.10. The minimum Gasteiger partial charge on any atom is -0.295 e. The van der Waals surface area contributed by atoms with Gasteiger partial charge in [-0.05, 0) is 31.7 Å². The summed E-state index contributed by atoms with van der Waals surface area (Å²) in [6.45, 7) is 1.82. The van der Waals surface area contributed by atoms with Gasteiger partial charge in [0.15, 0.2) is 0 Å². The molecule has 1 aromatic heterocycles. The monoisotopic (exact) mass is 341 g/mol. The van der Waals surface area contributed by atoms with Gasteiger partial charge in [0.25, 0.3) is 0 Å². The van der Waals surface area contributed by atoms with Crippen LogP contribution in [-0.4, -0.2) is 25.3 Å². The highest BCUT2D eigenvalue weighted by atomic mass is 32.2. The van der Waals surface area contributed by atoms with Crippen LogP contribution in [0.25, 0.3) is 0 Å². The highest BCUT2D eigenvalue weighted by molar-refractivity contribution is 7.89. The first-order valence-corrected chi connectivity index (χ1v) is 8.35. The standard InChI is InChI=1S/C15H17F2N3O2S/c1-10(11-4-3-5-12(6-11)23(18,21)22)20(2)9-13-14(16)7-19-8-15(13)17/h3-8,10H,9H2,1-2H3,(H2,18,21,22). The van der Waals surface area contributed by atoms with E-state index >= 15 is 0 Å². The third-order valence-electron chi connectivity index (χ3n) is 3.69. The van der Waals surface area contributed by atoms with Crippen LogP contribution in [0.3, 0.4) is 0 Å². The summed E-state index contributed by atoms with van der Waals surface area (Å²) in [6, 6.07) is 5.88. The molecule has 1 aromatic carbocycles. The van der Waals surface area contributed by atoms with Gasteiger partial charge in [0, 0.05) is 18.2 Å². The fourth-order valence-corrected chi connectivity index (χ4v) is 2.75. The van der Waals surface area contributed by atoms with Gasteiger partial charge >= 0.3 is 0 Å². The highest BCUT2D eigenvalue weighted by Crippen LogP contribution is 2.24. The van der Waals surface area contributed by atoms with Gasteiger partial charge in [-0.2, -0.15) is 0 Å². The van der Waals surface area contributed by atoms with E-state index in [0.717, 1.165) is 12.4 Å². The average Bonchev–Trinajstić information content (AvgIpc) is 2.49. The lowest BCUT2D eigenvalue weighted by atomic mass is 10.1. The maximum atomic E-state index is 13.7. The molecule has 8 heteroatoms. The zero-order valence-electron chi connectivity index (χ0n) is 12.7. The van der Waals surface area contributed by atoms with Crippen molar-refractivity contribution in [3.8, 4) is 0 Å². The van der Waals surface area contributed by atoms with Crippen LogP contribution in [0.4, 0.5) is 8.78 Å². The Morgan fingerprint density at radius 2 is 1.87 bits per heavy atom. The maximum Gasteiger partial charge on any atom is 0.238 e. The SMILES string of the molecule is CC(c1cccc(S(N)(=O)=O)c1)N(C)Cc1c(F)cncc1F. The molecular weight excluding hydrogens is 324 g/mol. The van der Waals surface area contributed by atoms with Crippen LogP contribution >= 0.6 is 0 Å². The summed E-state index contributed by atoms with van der Waals surface area (Å²) in [6.07, 6.45) is 1.91. The Labute approximate surface area is 133 Å². The van der Waals surface area contributed by atoms with E-state index in [1.54, 1.807) is 31.0 Å². The van der Waals surface area contributed by atoms with E-state index in [1.165, 1.54) is 12.1 Å². The molecule has 0 saturated carbocycles. The largest absolute Gasteiger partial charge is 0.295 e. The van der Waals surface area contributed by atoms with Gasteiger partial charge in [-0.15, -0.1) is 0 Å². The number of aromatic nitrogens is 1. The molecule has 0 aliphatic carbocycles. The zero-order chi connectivity index (χ0) is 17.2. The average molecular weight is 341 g/mol. The fourth-order valence-electron chi connectivity index (χ4n) is 2.18. The molecule has 1 atom stereocenters. The smallest absolute Gasteiger partial charge is 0.238 e. The molecule has 0 radical (unpaired) electrons. The Hall–Kier alpha value is -1.90. The third-order valence-corrected chi connectivity index (χ3v) is 4.60. The molecule has 23 heavy (non-hydrogen) atoms. The van der Waals surface area contributed by atoms with Crippen molar-refractivity contribution in [1.82, 2.24) is 9.88 Å². The molecule has 0 fully saturated rings. The van der Waals surface area contributed by atoms with Gasteiger partial charge in [0.05, 0.1) is 17.3 Å². The first-order chi connectivity index (χ1) is 10.7. The molecule has 1 heterocycles. The second kappa shape index (κ2) is 6.69. The number of nitrogens with zero attached hydrogens (tertiary/aromatic N) is 2. The van der Waals surface area contributed by atoms with Crippen LogP contribution in [-0.2, 0) is 16.6 Å². The predicted molar refractivity (Wildman–Crippen MR) is 81.9 cm³/mol. The van der Waals surface area contributed by atoms with Crippen molar-refractivity contribution in [2.45, 2.75) is 24.4 Å². The summed E-state index contributed by atoms with van der Waals surface area (Å²) >= 11 is 0. The molecule has 0 aliphatic heterocycles. The topological polar surface area (TPSA) is 76.3 Å². The van der Waals surface area contributed by atoms with Crippen molar-refractivity contribution in [3.63, 3.8) is 0 Å². The molecule has 124 valence electrons. The number of rotatable bonds is 5. The van der Waals surface area contributed by atoms with Crippen LogP contribution in [0.1, 0.15) is 24.1 Å². The lowest BCUT2D eigenvalue weighted by molar-refractivity contribution is 0.245. The van der Waals surface area contributed by atoms with E-state index in [9.17, 15) is 17.2 Å². The Kier molecular flexibility index (Phi) is 5.08. The van der Waals surface area contributed by atoms with Crippen LogP contribution < -0.4 is 5.14 Å². The van der Waals surface area contributed by atoms with E-state index < -0.39 is 21.7 Å². The first-order valence-electron chi connectivity index (χ1n) is 6.81. The Morgan fingerprint density at radius 1 is 1.26 bits per heavy atom. The predicted octanol–water partition coefficient (Wildman–Crippen LogP) is 2.20. The van der Waals surface area contributed by atoms with Gasteiger partial charge in [0.1, 0.15) is 11.6 Å². The zero-order valence-corrected chi connectivity index (χ0v) is 13.5. The molecule has 0 bridgehead atoms. The van der Waals surface area contributed by atoms with E-state index in [-0.39, 0.29) is 23.0 Å². The Bertz CT molecular complexity index is 792. The number of hydrogen-bond donors (Lipinski definition) is 1. The van der Waals surface area contributed by atoms with E-state index in [2.05, 4.69) is 4.98 Å². The number of pyridine rings is 1.